The van der Waals surface area contributed by atoms with Crippen molar-refractivity contribution in [2.75, 3.05) is 12.4 Å². The van der Waals surface area contributed by atoms with Crippen LogP contribution in [0.5, 0.6) is 5.75 Å². The second-order valence-corrected chi connectivity index (χ2v) is 7.68. The molecule has 0 amide bonds. The summed E-state index contributed by atoms with van der Waals surface area (Å²) in [6.45, 7) is 7.66. The highest BCUT2D eigenvalue weighted by Gasteiger charge is 2.21. The number of rotatable bonds is 4. The van der Waals surface area contributed by atoms with Gasteiger partial charge in [0.2, 0.25) is 0 Å². The van der Waals surface area contributed by atoms with Gasteiger partial charge in [-0.3, -0.25) is 4.68 Å². The van der Waals surface area contributed by atoms with Crippen LogP contribution in [0, 0.1) is 27.7 Å². The molecule has 9 heteroatoms. The van der Waals surface area contributed by atoms with Crippen LogP contribution in [0.2, 0.25) is 0 Å². The molecule has 0 saturated heterocycles. The zero-order chi connectivity index (χ0) is 21.9. The average Bonchev–Trinajstić information content (AvgIpc) is 3.34. The van der Waals surface area contributed by atoms with E-state index in [1.807, 2.05) is 46.9 Å². The molecular weight excluding hydrogens is 394 g/mol. The summed E-state index contributed by atoms with van der Waals surface area (Å²) in [6, 6.07) is 6.04. The Morgan fingerprint density at radius 3 is 2.55 bits per heavy atom. The zero-order valence-electron chi connectivity index (χ0n) is 18.3. The summed E-state index contributed by atoms with van der Waals surface area (Å²) in [5.74, 6) is 3.70. The fourth-order valence-electron chi connectivity index (χ4n) is 4.11. The predicted octanol–water partition coefficient (Wildman–Crippen LogP) is 4.49. The number of fused-ring (bicyclic) bond motifs is 3. The lowest BCUT2D eigenvalue weighted by atomic mass is 10.0. The van der Waals surface area contributed by atoms with E-state index >= 15 is 0 Å². The molecular formula is C22H23N7O2. The Kier molecular flexibility index (Phi) is 4.21. The SMILES string of the molecule is COc1cc2c(cc1-c1c(C)noc1C)[nH]c1nc(C)nc(Nc3cc(C)nn3C)c12. The van der Waals surface area contributed by atoms with Gasteiger partial charge in [-0.2, -0.15) is 5.10 Å². The van der Waals surface area contributed by atoms with Gasteiger partial charge in [-0.25, -0.2) is 9.97 Å². The van der Waals surface area contributed by atoms with Gasteiger partial charge < -0.3 is 19.6 Å². The molecule has 0 bridgehead atoms. The monoisotopic (exact) mass is 417 g/mol. The third-order valence-corrected chi connectivity index (χ3v) is 5.43. The number of anilines is 2. The first-order valence-electron chi connectivity index (χ1n) is 9.94. The van der Waals surface area contributed by atoms with Crippen LogP contribution in [-0.4, -0.2) is 37.0 Å². The molecule has 4 aromatic heterocycles. The lowest BCUT2D eigenvalue weighted by Gasteiger charge is -2.10. The predicted molar refractivity (Wildman–Crippen MR) is 119 cm³/mol. The molecule has 0 unspecified atom stereocenters. The third kappa shape index (κ3) is 3.00. The van der Waals surface area contributed by atoms with Crippen molar-refractivity contribution < 1.29 is 9.26 Å². The number of nitrogens with one attached hydrogen (secondary N) is 2. The fourth-order valence-corrected chi connectivity index (χ4v) is 4.11. The second-order valence-electron chi connectivity index (χ2n) is 7.68. The molecule has 0 aliphatic rings. The van der Waals surface area contributed by atoms with Gasteiger partial charge in [0.05, 0.1) is 29.4 Å². The van der Waals surface area contributed by atoms with Gasteiger partial charge in [-0.1, -0.05) is 5.16 Å². The number of nitrogens with zero attached hydrogens (tertiary/aromatic N) is 5. The van der Waals surface area contributed by atoms with Crippen LogP contribution in [-0.2, 0) is 7.05 Å². The number of aromatic amines is 1. The molecule has 0 spiro atoms. The van der Waals surface area contributed by atoms with Crippen LogP contribution in [0.15, 0.2) is 22.7 Å². The minimum Gasteiger partial charge on any atom is -0.496 e. The minimum atomic E-state index is 0.665. The van der Waals surface area contributed by atoms with E-state index < -0.39 is 0 Å². The maximum Gasteiger partial charge on any atom is 0.145 e. The summed E-state index contributed by atoms with van der Waals surface area (Å²) < 4.78 is 12.9. The van der Waals surface area contributed by atoms with E-state index in [9.17, 15) is 0 Å². The standard InChI is InChI=1S/C22H23N7O2/c1-10-7-18(29(5)27-10)26-22-20-14-9-17(30-6)15(19-11(2)28-31-12(19)3)8-16(14)25-21(20)23-13(4)24-22/h7-9H,1-6H3,(H2,23,24,25,26). The van der Waals surface area contributed by atoms with Crippen molar-refractivity contribution in [1.29, 1.82) is 0 Å². The Morgan fingerprint density at radius 1 is 1.10 bits per heavy atom. The van der Waals surface area contributed by atoms with Crippen LogP contribution >= 0.6 is 0 Å². The highest BCUT2D eigenvalue weighted by atomic mass is 16.5. The molecule has 0 radical (unpaired) electrons. The van der Waals surface area contributed by atoms with Gasteiger partial charge in [0, 0.05) is 29.6 Å². The van der Waals surface area contributed by atoms with Crippen molar-refractivity contribution >= 4 is 33.6 Å². The van der Waals surface area contributed by atoms with Crippen molar-refractivity contribution in [3.8, 4) is 16.9 Å². The highest BCUT2D eigenvalue weighted by Crippen LogP contribution is 2.40. The number of hydrogen-bond acceptors (Lipinski definition) is 7. The van der Waals surface area contributed by atoms with E-state index in [2.05, 4.69) is 36.6 Å². The van der Waals surface area contributed by atoms with Gasteiger partial charge in [0.1, 0.15) is 34.6 Å². The van der Waals surface area contributed by atoms with Crippen molar-refractivity contribution in [2.45, 2.75) is 27.7 Å². The first-order chi connectivity index (χ1) is 14.9. The van der Waals surface area contributed by atoms with Crippen LogP contribution in [0.3, 0.4) is 0 Å². The lowest BCUT2D eigenvalue weighted by Crippen LogP contribution is -2.03. The molecule has 0 atom stereocenters. The molecule has 4 heterocycles. The van der Waals surface area contributed by atoms with Gasteiger partial charge >= 0.3 is 0 Å². The molecule has 2 N–H and O–H groups in total. The van der Waals surface area contributed by atoms with Gasteiger partial charge in [-0.15, -0.1) is 0 Å². The Labute approximate surface area is 178 Å². The third-order valence-electron chi connectivity index (χ3n) is 5.43. The van der Waals surface area contributed by atoms with E-state index in [4.69, 9.17) is 9.26 Å². The van der Waals surface area contributed by atoms with E-state index in [0.29, 0.717) is 11.6 Å². The van der Waals surface area contributed by atoms with Gasteiger partial charge in [0.25, 0.3) is 0 Å². The van der Waals surface area contributed by atoms with E-state index in [-0.39, 0.29) is 0 Å². The Bertz CT molecular complexity index is 1440. The molecule has 5 rings (SSSR count). The number of benzene rings is 1. The first kappa shape index (κ1) is 19.1. The lowest BCUT2D eigenvalue weighted by molar-refractivity contribution is 0.393. The number of H-pyrrole nitrogens is 1. The van der Waals surface area contributed by atoms with Crippen LogP contribution < -0.4 is 10.1 Å². The smallest absolute Gasteiger partial charge is 0.145 e. The van der Waals surface area contributed by atoms with Crippen molar-refractivity contribution in [3.05, 3.63) is 41.2 Å². The number of aryl methyl sites for hydroxylation is 5. The number of ether oxygens (including phenoxy) is 1. The fraction of sp³-hybridized carbons (Fsp3) is 0.273. The number of methoxy groups -OCH3 is 1. The Morgan fingerprint density at radius 2 is 1.90 bits per heavy atom. The summed E-state index contributed by atoms with van der Waals surface area (Å²) in [7, 11) is 3.56. The molecule has 0 aliphatic heterocycles. The molecule has 158 valence electrons. The largest absolute Gasteiger partial charge is 0.496 e. The maximum atomic E-state index is 5.75. The van der Waals surface area contributed by atoms with E-state index in [1.165, 1.54) is 0 Å². The molecule has 31 heavy (non-hydrogen) atoms. The van der Waals surface area contributed by atoms with Crippen LogP contribution in [0.25, 0.3) is 33.1 Å². The van der Waals surface area contributed by atoms with Crippen molar-refractivity contribution in [1.82, 2.24) is 29.9 Å². The summed E-state index contributed by atoms with van der Waals surface area (Å²) in [5, 5.41) is 13.8. The average molecular weight is 417 g/mol. The summed E-state index contributed by atoms with van der Waals surface area (Å²) >= 11 is 0. The number of aromatic nitrogens is 6. The molecule has 9 nitrogen and oxygen atoms in total. The topological polar surface area (TPSA) is 107 Å². The van der Waals surface area contributed by atoms with E-state index in [1.54, 1.807) is 11.8 Å². The minimum absolute atomic E-state index is 0.665. The Hall–Kier alpha value is -3.88. The van der Waals surface area contributed by atoms with Gasteiger partial charge in [-0.05, 0) is 39.8 Å². The summed E-state index contributed by atoms with van der Waals surface area (Å²) in [6.07, 6.45) is 0. The molecule has 0 fully saturated rings. The van der Waals surface area contributed by atoms with E-state index in [0.717, 1.165) is 61.8 Å². The summed E-state index contributed by atoms with van der Waals surface area (Å²) in [5.41, 5.74) is 5.27. The zero-order valence-corrected chi connectivity index (χ0v) is 18.3. The van der Waals surface area contributed by atoms with Crippen molar-refractivity contribution in [3.63, 3.8) is 0 Å². The Balaban J connectivity index is 1.77. The van der Waals surface area contributed by atoms with Crippen molar-refractivity contribution in [2.24, 2.45) is 7.05 Å². The normalized spacial score (nSPS) is 11.5. The first-order valence-corrected chi connectivity index (χ1v) is 9.94. The summed E-state index contributed by atoms with van der Waals surface area (Å²) in [4.78, 5) is 12.7. The molecule has 0 aliphatic carbocycles. The molecule has 5 aromatic rings. The van der Waals surface area contributed by atoms with Crippen LogP contribution in [0.1, 0.15) is 23.0 Å². The highest BCUT2D eigenvalue weighted by molar-refractivity contribution is 6.13. The number of hydrogen-bond donors (Lipinski definition) is 2. The maximum absolute atomic E-state index is 5.75. The van der Waals surface area contributed by atoms with Crippen LogP contribution in [0.4, 0.5) is 11.6 Å². The quantitative estimate of drug-likeness (QED) is 0.444. The molecule has 0 saturated carbocycles. The van der Waals surface area contributed by atoms with Gasteiger partial charge in [0.15, 0.2) is 0 Å². The second kappa shape index (κ2) is 6.83. The molecule has 1 aromatic carbocycles.